The van der Waals surface area contributed by atoms with E-state index in [0.717, 1.165) is 17.0 Å². The summed E-state index contributed by atoms with van der Waals surface area (Å²) >= 11 is 0. The number of aromatic nitrogens is 4. The number of fused-ring (bicyclic) bond motifs is 1. The fourth-order valence-electron chi connectivity index (χ4n) is 3.97. The first-order valence-electron chi connectivity index (χ1n) is 11.3. The third-order valence-electron chi connectivity index (χ3n) is 6.04. The van der Waals surface area contributed by atoms with Crippen LogP contribution in [0, 0.1) is 6.92 Å². The van der Waals surface area contributed by atoms with Gasteiger partial charge in [-0.3, -0.25) is 14.4 Å². The fraction of sp³-hybridized carbons (Fsp3) is 0.435. The molecule has 10 nitrogen and oxygen atoms in total. The Morgan fingerprint density at radius 3 is 2.59 bits per heavy atom. The van der Waals surface area contributed by atoms with E-state index < -0.39 is 6.17 Å². The van der Waals surface area contributed by atoms with E-state index in [0.29, 0.717) is 50.0 Å². The molecule has 5 rings (SSSR count). The largest absolute Gasteiger partial charge is 0.373 e. The Morgan fingerprint density at radius 1 is 1.24 bits per heavy atom. The van der Waals surface area contributed by atoms with E-state index in [1.165, 1.54) is 0 Å². The van der Waals surface area contributed by atoms with E-state index in [9.17, 15) is 18.8 Å². The molecule has 34 heavy (non-hydrogen) atoms. The summed E-state index contributed by atoms with van der Waals surface area (Å²) in [5, 5.41) is 12.9. The quantitative estimate of drug-likeness (QED) is 0.474. The number of amides is 1. The van der Waals surface area contributed by atoms with Crippen molar-refractivity contribution in [2.45, 2.75) is 57.3 Å². The number of halogens is 1. The van der Waals surface area contributed by atoms with Gasteiger partial charge >= 0.3 is 0 Å². The van der Waals surface area contributed by atoms with Crippen LogP contribution in [0.2, 0.25) is 0 Å². The summed E-state index contributed by atoms with van der Waals surface area (Å²) in [6.45, 7) is 1.94. The summed E-state index contributed by atoms with van der Waals surface area (Å²) in [6, 6.07) is 5.31. The van der Waals surface area contributed by atoms with Crippen molar-refractivity contribution in [3.05, 3.63) is 46.5 Å². The van der Waals surface area contributed by atoms with Gasteiger partial charge in [-0.25, -0.2) is 9.37 Å². The highest BCUT2D eigenvalue weighted by atomic mass is 19.1. The lowest BCUT2D eigenvalue weighted by atomic mass is 9.94. The van der Waals surface area contributed by atoms with E-state index in [1.54, 1.807) is 27.5 Å². The highest BCUT2D eigenvalue weighted by molar-refractivity contribution is 5.79. The molecule has 2 aliphatic carbocycles. The molecule has 0 saturated heterocycles. The molecule has 3 heterocycles. The first kappa shape index (κ1) is 23.4. The van der Waals surface area contributed by atoms with Crippen LogP contribution in [0.25, 0.3) is 5.65 Å². The van der Waals surface area contributed by atoms with Crippen LogP contribution in [0.3, 0.4) is 0 Å². The zero-order chi connectivity index (χ0) is 24.2. The summed E-state index contributed by atoms with van der Waals surface area (Å²) in [7, 11) is 1.81. The Morgan fingerprint density at radius 2 is 1.97 bits per heavy atom. The minimum atomic E-state index is -0.773. The third-order valence-corrected chi connectivity index (χ3v) is 6.04. The van der Waals surface area contributed by atoms with Crippen LogP contribution in [0.4, 0.5) is 21.7 Å². The molecule has 3 aromatic heterocycles. The second kappa shape index (κ2) is 10.0. The molecule has 3 aromatic rings. The van der Waals surface area contributed by atoms with Crippen molar-refractivity contribution in [2.75, 3.05) is 17.7 Å². The molecule has 0 spiro atoms. The molecule has 180 valence electrons. The zero-order valence-electron chi connectivity index (χ0n) is 19.1. The predicted octanol–water partition coefficient (Wildman–Crippen LogP) is 2.51. The number of ketones is 1. The van der Waals surface area contributed by atoms with Crippen molar-refractivity contribution in [3.8, 4) is 0 Å². The van der Waals surface area contributed by atoms with Gasteiger partial charge in [0.25, 0.3) is 5.56 Å². The molecule has 0 radical (unpaired) electrons. The van der Waals surface area contributed by atoms with Gasteiger partial charge in [-0.2, -0.15) is 9.61 Å². The monoisotopic (exact) mass is 469 g/mol. The number of Topliss-reactive ketones (excluding diaryl/α,β-unsaturated/α-hetero) is 1. The maximum absolute atomic E-state index is 12.9. The van der Waals surface area contributed by atoms with Gasteiger partial charge in [0.05, 0.1) is 12.2 Å². The maximum atomic E-state index is 12.9. The van der Waals surface area contributed by atoms with Gasteiger partial charge in [-0.15, -0.1) is 0 Å². The number of hydrogen-bond acceptors (Lipinski definition) is 7. The lowest BCUT2D eigenvalue weighted by Gasteiger charge is -2.23. The number of nitrogens with one attached hydrogen (secondary N) is 3. The van der Waals surface area contributed by atoms with Gasteiger partial charge in [0, 0.05) is 50.2 Å². The average Bonchev–Trinajstić information content (AvgIpc) is 3.41. The Bertz CT molecular complexity index is 1250. The molecule has 0 bridgehead atoms. The van der Waals surface area contributed by atoms with Gasteiger partial charge < -0.3 is 20.5 Å². The molecule has 2 atom stereocenters. The Hall–Kier alpha value is -3.76. The van der Waals surface area contributed by atoms with Crippen molar-refractivity contribution in [1.29, 1.82) is 0 Å². The van der Waals surface area contributed by atoms with Crippen LogP contribution in [0.1, 0.15) is 43.7 Å². The molecule has 2 fully saturated rings. The van der Waals surface area contributed by atoms with Crippen LogP contribution in [0.15, 0.2) is 35.4 Å². The second-order valence-electron chi connectivity index (χ2n) is 8.51. The summed E-state index contributed by atoms with van der Waals surface area (Å²) in [5.41, 5.74) is 2.04. The first-order valence-corrected chi connectivity index (χ1v) is 11.3. The number of pyridine rings is 1. The molecular formula is C23H28FN7O3. The molecule has 2 saturated carbocycles. The van der Waals surface area contributed by atoms with E-state index in [2.05, 4.69) is 26.0 Å². The van der Waals surface area contributed by atoms with E-state index in [1.807, 2.05) is 26.1 Å². The van der Waals surface area contributed by atoms with Crippen LogP contribution >= 0.6 is 0 Å². The van der Waals surface area contributed by atoms with Crippen molar-refractivity contribution >= 4 is 35.2 Å². The zero-order valence-corrected chi connectivity index (χ0v) is 19.1. The standard InChI is InChI=1S/C19H22N6O2.C4H6FNO/c1-12-11-21-25-17(20-2)10-16(23-18(12)25)22-15-4-3-9-24(19(15)27)13-5-7-14(26)8-6-13;5-3-1-4(3)6-2-7/h3-4,9-11,13,20H,5-8H2,1-2H3,(H,22,23);2-4H,1H2,(H,6,7). The van der Waals surface area contributed by atoms with E-state index in [4.69, 9.17) is 0 Å². The van der Waals surface area contributed by atoms with Gasteiger partial charge in [0.1, 0.15) is 29.3 Å². The minimum absolute atomic E-state index is 0.0670. The van der Waals surface area contributed by atoms with Crippen molar-refractivity contribution in [1.82, 2.24) is 24.5 Å². The highest BCUT2D eigenvalue weighted by Gasteiger charge is 2.36. The Balaban J connectivity index is 0.000000336. The number of alkyl halides is 1. The SMILES string of the molecule is CNc1cc(Nc2cccn(C3CCC(=O)CC3)c2=O)nc2c(C)cnn12.O=CNC1CC1F. The number of nitrogens with zero attached hydrogens (tertiary/aromatic N) is 4. The molecule has 11 heteroatoms. The summed E-state index contributed by atoms with van der Waals surface area (Å²) < 4.78 is 15.2. The number of carbonyl (C=O) groups excluding carboxylic acids is 2. The van der Waals surface area contributed by atoms with Crippen molar-refractivity contribution in [2.24, 2.45) is 0 Å². The molecule has 1 amide bonds. The summed E-state index contributed by atoms with van der Waals surface area (Å²) in [5.74, 6) is 1.63. The van der Waals surface area contributed by atoms with Crippen LogP contribution in [0.5, 0.6) is 0 Å². The topological polar surface area (TPSA) is 122 Å². The smallest absolute Gasteiger partial charge is 0.274 e. The maximum Gasteiger partial charge on any atom is 0.274 e. The number of anilines is 3. The Kier molecular flexibility index (Phi) is 6.90. The van der Waals surface area contributed by atoms with Crippen LogP contribution in [-0.4, -0.2) is 50.6 Å². The number of carbonyl (C=O) groups is 2. The number of aryl methyl sites for hydroxylation is 1. The lowest BCUT2D eigenvalue weighted by Crippen LogP contribution is -2.28. The molecular weight excluding hydrogens is 441 g/mol. The molecule has 2 aliphatic rings. The third kappa shape index (κ3) is 5.08. The predicted molar refractivity (Wildman–Crippen MR) is 126 cm³/mol. The normalized spacial score (nSPS) is 19.8. The molecule has 0 aliphatic heterocycles. The van der Waals surface area contributed by atoms with Gasteiger partial charge in [0.15, 0.2) is 5.65 Å². The molecule has 0 aromatic carbocycles. The van der Waals surface area contributed by atoms with Gasteiger partial charge in [-0.05, 0) is 31.9 Å². The molecule has 2 unspecified atom stereocenters. The highest BCUT2D eigenvalue weighted by Crippen LogP contribution is 2.26. The summed E-state index contributed by atoms with van der Waals surface area (Å²) in [6.07, 6.45) is 6.32. The fourth-order valence-corrected chi connectivity index (χ4v) is 3.97. The van der Waals surface area contributed by atoms with E-state index >= 15 is 0 Å². The van der Waals surface area contributed by atoms with Gasteiger partial charge in [0.2, 0.25) is 6.41 Å². The summed E-state index contributed by atoms with van der Waals surface area (Å²) in [4.78, 5) is 38.5. The second-order valence-corrected chi connectivity index (χ2v) is 8.51. The van der Waals surface area contributed by atoms with Crippen LogP contribution < -0.4 is 21.5 Å². The van der Waals surface area contributed by atoms with Crippen molar-refractivity contribution in [3.63, 3.8) is 0 Å². The Labute approximate surface area is 195 Å². The lowest BCUT2D eigenvalue weighted by molar-refractivity contribution is -0.120. The first-order chi connectivity index (χ1) is 16.4. The van der Waals surface area contributed by atoms with Gasteiger partial charge in [-0.1, -0.05) is 0 Å². The van der Waals surface area contributed by atoms with E-state index in [-0.39, 0.29) is 23.4 Å². The van der Waals surface area contributed by atoms with Crippen LogP contribution in [-0.2, 0) is 9.59 Å². The number of rotatable bonds is 6. The number of hydrogen-bond donors (Lipinski definition) is 3. The van der Waals surface area contributed by atoms with Crippen molar-refractivity contribution < 1.29 is 14.0 Å². The average molecular weight is 470 g/mol. The minimum Gasteiger partial charge on any atom is -0.373 e. The molecule has 3 N–H and O–H groups in total.